The van der Waals surface area contributed by atoms with Gasteiger partial charge in [0.1, 0.15) is 5.37 Å². The molecule has 2 amide bonds. The minimum Gasteiger partial charge on any atom is -0.326 e. The maximum Gasteiger partial charge on any atom is 0.238 e. The molecule has 0 saturated carbocycles. The molecule has 1 fully saturated rings. The Balaban J connectivity index is 1.83. The maximum atomic E-state index is 12.5. The van der Waals surface area contributed by atoms with Gasteiger partial charge >= 0.3 is 0 Å². The summed E-state index contributed by atoms with van der Waals surface area (Å²) >= 11 is 1.61. The van der Waals surface area contributed by atoms with Crippen molar-refractivity contribution in [1.82, 2.24) is 0 Å². The molecular weight excluding hydrogens is 344 g/mol. The Hall–Kier alpha value is -2.27. The van der Waals surface area contributed by atoms with Crippen molar-refractivity contribution in [2.75, 3.05) is 16.0 Å². The Morgan fingerprint density at radius 1 is 1.23 bits per heavy atom. The zero-order valence-electron chi connectivity index (χ0n) is 15.4. The Morgan fingerprint density at radius 2 is 1.96 bits per heavy atom. The summed E-state index contributed by atoms with van der Waals surface area (Å²) in [5, 5.41) is 2.88. The lowest BCUT2D eigenvalue weighted by atomic mass is 10.1. The van der Waals surface area contributed by atoms with Gasteiger partial charge in [0.15, 0.2) is 0 Å². The van der Waals surface area contributed by atoms with Crippen LogP contribution in [0.15, 0.2) is 48.5 Å². The number of carbonyl (C=O) groups is 2. The number of benzene rings is 2. The number of nitrogens with zero attached hydrogens (tertiary/aromatic N) is 1. The molecule has 0 radical (unpaired) electrons. The molecule has 136 valence electrons. The minimum atomic E-state index is -0.0767. The van der Waals surface area contributed by atoms with Gasteiger partial charge in [0.2, 0.25) is 11.8 Å². The van der Waals surface area contributed by atoms with E-state index in [2.05, 4.69) is 5.32 Å². The van der Waals surface area contributed by atoms with Crippen molar-refractivity contribution in [3.63, 3.8) is 0 Å². The summed E-state index contributed by atoms with van der Waals surface area (Å²) in [6.45, 7) is 6.08. The SMILES string of the molecule is Cc1ccc(N2C(=O)CSC2c2cccc(NC(=O)CC(C)C)c2)cc1. The molecule has 5 heteroatoms. The number of carbonyl (C=O) groups excluding carboxylic acids is 2. The summed E-state index contributed by atoms with van der Waals surface area (Å²) in [7, 11) is 0. The van der Waals surface area contributed by atoms with E-state index in [-0.39, 0.29) is 17.2 Å². The summed E-state index contributed by atoms with van der Waals surface area (Å²) < 4.78 is 0. The van der Waals surface area contributed by atoms with Gasteiger partial charge in [0, 0.05) is 17.8 Å². The average Bonchev–Trinajstić information content (AvgIpc) is 2.97. The lowest BCUT2D eigenvalue weighted by Gasteiger charge is -2.25. The number of amides is 2. The number of nitrogens with one attached hydrogen (secondary N) is 1. The quantitative estimate of drug-likeness (QED) is 0.828. The van der Waals surface area contributed by atoms with Gasteiger partial charge in [0.05, 0.1) is 5.75 Å². The highest BCUT2D eigenvalue weighted by Gasteiger charge is 2.34. The van der Waals surface area contributed by atoms with Crippen LogP contribution >= 0.6 is 11.8 Å². The van der Waals surface area contributed by atoms with Crippen molar-refractivity contribution < 1.29 is 9.59 Å². The summed E-state index contributed by atoms with van der Waals surface area (Å²) in [6.07, 6.45) is 0.496. The molecule has 2 aromatic rings. The van der Waals surface area contributed by atoms with Gasteiger partial charge in [-0.2, -0.15) is 0 Å². The molecule has 1 N–H and O–H groups in total. The molecule has 1 saturated heterocycles. The van der Waals surface area contributed by atoms with Crippen molar-refractivity contribution in [3.8, 4) is 0 Å². The van der Waals surface area contributed by atoms with E-state index in [1.165, 1.54) is 5.56 Å². The molecule has 0 aliphatic carbocycles. The average molecular weight is 369 g/mol. The van der Waals surface area contributed by atoms with Crippen molar-refractivity contribution >= 4 is 35.0 Å². The normalized spacial score (nSPS) is 17.0. The van der Waals surface area contributed by atoms with Gasteiger partial charge in [-0.05, 0) is 42.7 Å². The first-order valence-corrected chi connectivity index (χ1v) is 9.89. The predicted octanol–water partition coefficient (Wildman–Crippen LogP) is 4.76. The Kier molecular flexibility index (Phi) is 5.67. The number of anilines is 2. The number of rotatable bonds is 5. The van der Waals surface area contributed by atoms with Crippen LogP contribution < -0.4 is 10.2 Å². The number of aryl methyl sites for hydroxylation is 1. The molecule has 1 heterocycles. The van der Waals surface area contributed by atoms with E-state index in [1.807, 2.05) is 74.2 Å². The van der Waals surface area contributed by atoms with E-state index in [9.17, 15) is 9.59 Å². The third kappa shape index (κ3) is 4.28. The summed E-state index contributed by atoms with van der Waals surface area (Å²) in [5.41, 5.74) is 3.87. The summed E-state index contributed by atoms with van der Waals surface area (Å²) in [4.78, 5) is 26.4. The van der Waals surface area contributed by atoms with Crippen molar-refractivity contribution in [1.29, 1.82) is 0 Å². The predicted molar refractivity (Wildman–Crippen MR) is 108 cm³/mol. The van der Waals surface area contributed by atoms with Crippen molar-refractivity contribution in [3.05, 3.63) is 59.7 Å². The second-order valence-electron chi connectivity index (χ2n) is 7.03. The first kappa shape index (κ1) is 18.5. The molecule has 4 nitrogen and oxygen atoms in total. The fourth-order valence-electron chi connectivity index (χ4n) is 3.01. The topological polar surface area (TPSA) is 49.4 Å². The smallest absolute Gasteiger partial charge is 0.238 e. The van der Waals surface area contributed by atoms with Gasteiger partial charge in [-0.3, -0.25) is 14.5 Å². The van der Waals surface area contributed by atoms with E-state index < -0.39 is 0 Å². The standard InChI is InChI=1S/C21H24N2O2S/c1-14(2)11-19(24)22-17-6-4-5-16(12-17)21-23(20(25)13-26-21)18-9-7-15(3)8-10-18/h4-10,12,14,21H,11,13H2,1-3H3,(H,22,24). The molecule has 1 atom stereocenters. The second kappa shape index (κ2) is 7.96. The van der Waals surface area contributed by atoms with Gasteiger partial charge in [0.25, 0.3) is 0 Å². The van der Waals surface area contributed by atoms with Gasteiger partial charge in [-0.15, -0.1) is 11.8 Å². The van der Waals surface area contributed by atoms with Crippen LogP contribution in [0.5, 0.6) is 0 Å². The molecule has 2 aromatic carbocycles. The molecule has 0 spiro atoms. The molecule has 3 rings (SSSR count). The van der Waals surface area contributed by atoms with Crippen LogP contribution in [0.25, 0.3) is 0 Å². The van der Waals surface area contributed by atoms with Crippen LogP contribution in [-0.2, 0) is 9.59 Å². The molecular formula is C21H24N2O2S. The maximum absolute atomic E-state index is 12.5. The van der Waals surface area contributed by atoms with Crippen molar-refractivity contribution in [2.24, 2.45) is 5.92 Å². The lowest BCUT2D eigenvalue weighted by Crippen LogP contribution is -2.27. The van der Waals surface area contributed by atoms with Gasteiger partial charge < -0.3 is 5.32 Å². The Morgan fingerprint density at radius 3 is 2.65 bits per heavy atom. The van der Waals surface area contributed by atoms with E-state index in [0.29, 0.717) is 18.1 Å². The molecule has 1 aliphatic rings. The van der Waals surface area contributed by atoms with E-state index >= 15 is 0 Å². The third-order valence-electron chi connectivity index (χ3n) is 4.23. The van der Waals surface area contributed by atoms with Crippen LogP contribution in [0, 0.1) is 12.8 Å². The Bertz CT molecular complexity index is 802. The van der Waals surface area contributed by atoms with Crippen LogP contribution in [0.2, 0.25) is 0 Å². The van der Waals surface area contributed by atoms with Crippen LogP contribution in [0.3, 0.4) is 0 Å². The lowest BCUT2D eigenvalue weighted by molar-refractivity contribution is -0.117. The minimum absolute atomic E-state index is 0.0164. The van der Waals surface area contributed by atoms with E-state index in [1.54, 1.807) is 11.8 Å². The van der Waals surface area contributed by atoms with Crippen molar-refractivity contribution in [2.45, 2.75) is 32.6 Å². The number of hydrogen-bond acceptors (Lipinski definition) is 3. The zero-order chi connectivity index (χ0) is 18.7. The Labute approximate surface area is 159 Å². The fourth-order valence-corrected chi connectivity index (χ4v) is 4.17. The van der Waals surface area contributed by atoms with Crippen LogP contribution in [0.1, 0.15) is 36.8 Å². The highest BCUT2D eigenvalue weighted by atomic mass is 32.2. The number of thioether (sulfide) groups is 1. The molecule has 0 aromatic heterocycles. The summed E-state index contributed by atoms with van der Waals surface area (Å²) in [6, 6.07) is 15.8. The monoisotopic (exact) mass is 368 g/mol. The number of hydrogen-bond donors (Lipinski definition) is 1. The second-order valence-corrected chi connectivity index (χ2v) is 8.10. The molecule has 1 aliphatic heterocycles. The molecule has 0 bridgehead atoms. The van der Waals surface area contributed by atoms with E-state index in [4.69, 9.17) is 0 Å². The zero-order valence-corrected chi connectivity index (χ0v) is 16.2. The highest BCUT2D eigenvalue weighted by Crippen LogP contribution is 2.42. The molecule has 26 heavy (non-hydrogen) atoms. The third-order valence-corrected chi connectivity index (χ3v) is 5.44. The van der Waals surface area contributed by atoms with Crippen LogP contribution in [0.4, 0.5) is 11.4 Å². The summed E-state index contributed by atoms with van der Waals surface area (Å²) in [5.74, 6) is 0.904. The van der Waals surface area contributed by atoms with Gasteiger partial charge in [-0.25, -0.2) is 0 Å². The first-order chi connectivity index (χ1) is 12.4. The largest absolute Gasteiger partial charge is 0.326 e. The first-order valence-electron chi connectivity index (χ1n) is 8.84. The highest BCUT2D eigenvalue weighted by molar-refractivity contribution is 8.00. The molecule has 1 unspecified atom stereocenters. The van der Waals surface area contributed by atoms with Crippen LogP contribution in [-0.4, -0.2) is 17.6 Å². The fraction of sp³-hybridized carbons (Fsp3) is 0.333. The van der Waals surface area contributed by atoms with E-state index in [0.717, 1.165) is 16.9 Å². The van der Waals surface area contributed by atoms with Gasteiger partial charge in [-0.1, -0.05) is 43.7 Å².